The summed E-state index contributed by atoms with van der Waals surface area (Å²) in [5.41, 5.74) is 4.53. The Bertz CT molecular complexity index is 828. The molecule has 0 unspecified atom stereocenters. The first-order valence-corrected chi connectivity index (χ1v) is 11.7. The molecule has 2 aromatic rings. The largest absolute Gasteiger partial charge is 0.374 e. The Kier molecular flexibility index (Phi) is 3.07. The lowest BCUT2D eigenvalue weighted by atomic mass is 9.99. The molecule has 0 fully saturated rings. The Morgan fingerprint density at radius 3 is 2.59 bits per heavy atom. The third-order valence-corrected chi connectivity index (χ3v) is 9.36. The maximum atomic E-state index is 13.0. The van der Waals surface area contributed by atoms with Gasteiger partial charge in [0.2, 0.25) is 0 Å². The van der Waals surface area contributed by atoms with Crippen LogP contribution in [0.1, 0.15) is 21.5 Å². The molecular weight excluding hydrogens is 401 g/mol. The van der Waals surface area contributed by atoms with E-state index in [0.29, 0.717) is 0 Å². The number of ketones is 1. The number of fused-ring (bicyclic) bond motifs is 3. The minimum Gasteiger partial charge on any atom is -0.374 e. The van der Waals surface area contributed by atoms with E-state index in [2.05, 4.69) is 65.8 Å². The maximum Gasteiger partial charge on any atom is 0.192 e. The van der Waals surface area contributed by atoms with Gasteiger partial charge in [0, 0.05) is 34.0 Å². The van der Waals surface area contributed by atoms with Crippen LogP contribution in [0.4, 0.5) is 5.69 Å². The lowest BCUT2D eigenvalue weighted by Gasteiger charge is -2.33. The zero-order valence-corrected chi connectivity index (χ0v) is 16.2. The molecule has 0 amide bonds. The van der Waals surface area contributed by atoms with E-state index in [9.17, 15) is 4.79 Å². The fraction of sp³-hybridized carbons (Fsp3) is 0.278. The fourth-order valence-electron chi connectivity index (χ4n) is 3.82. The molecule has 0 bridgehead atoms. The highest BCUT2D eigenvalue weighted by Gasteiger charge is 2.39. The van der Waals surface area contributed by atoms with Crippen LogP contribution in [0.5, 0.6) is 0 Å². The molecule has 112 valence electrons. The number of anilines is 1. The molecule has 0 saturated carbocycles. The van der Waals surface area contributed by atoms with Crippen molar-refractivity contribution in [2.75, 3.05) is 18.5 Å². The van der Waals surface area contributed by atoms with E-state index >= 15 is 0 Å². The SMILES string of the molecule is CN1CCc2cc3c(cc21)[Si](C)(C)c1cc(I)ccc1C3=O. The summed E-state index contributed by atoms with van der Waals surface area (Å²) in [6.45, 7) is 5.79. The van der Waals surface area contributed by atoms with E-state index in [4.69, 9.17) is 0 Å². The second-order valence-corrected chi connectivity index (χ2v) is 12.4. The number of benzene rings is 2. The first kappa shape index (κ1) is 14.4. The van der Waals surface area contributed by atoms with Gasteiger partial charge in [-0.15, -0.1) is 0 Å². The molecule has 0 radical (unpaired) electrons. The Balaban J connectivity index is 2.02. The molecule has 0 atom stereocenters. The summed E-state index contributed by atoms with van der Waals surface area (Å²) in [5.74, 6) is 0.213. The predicted molar refractivity (Wildman–Crippen MR) is 103 cm³/mol. The molecule has 0 saturated heterocycles. The lowest BCUT2D eigenvalue weighted by Crippen LogP contribution is -2.60. The Labute approximate surface area is 145 Å². The van der Waals surface area contributed by atoms with Gasteiger partial charge in [0.25, 0.3) is 0 Å². The number of nitrogens with zero attached hydrogens (tertiary/aromatic N) is 1. The third kappa shape index (κ3) is 1.86. The lowest BCUT2D eigenvalue weighted by molar-refractivity contribution is 0.104. The number of rotatable bonds is 0. The van der Waals surface area contributed by atoms with E-state index in [1.165, 1.54) is 25.2 Å². The van der Waals surface area contributed by atoms with Gasteiger partial charge in [-0.05, 0) is 69.2 Å². The smallest absolute Gasteiger partial charge is 0.192 e. The van der Waals surface area contributed by atoms with Crippen molar-refractivity contribution in [2.45, 2.75) is 19.5 Å². The molecule has 2 aliphatic rings. The predicted octanol–water partition coefficient (Wildman–Crippen LogP) is 2.65. The molecular formula is C18H18INOSi. The Morgan fingerprint density at radius 1 is 1.09 bits per heavy atom. The number of hydrogen-bond acceptors (Lipinski definition) is 2. The molecule has 4 rings (SSSR count). The van der Waals surface area contributed by atoms with Crippen LogP contribution in [0, 0.1) is 3.57 Å². The van der Waals surface area contributed by atoms with Crippen LogP contribution < -0.4 is 15.3 Å². The van der Waals surface area contributed by atoms with E-state index in [0.717, 1.165) is 24.1 Å². The van der Waals surface area contributed by atoms with Gasteiger partial charge in [0.15, 0.2) is 5.78 Å². The van der Waals surface area contributed by atoms with Crippen molar-refractivity contribution >= 4 is 52.5 Å². The maximum absolute atomic E-state index is 13.0. The fourth-order valence-corrected chi connectivity index (χ4v) is 7.64. The summed E-state index contributed by atoms with van der Waals surface area (Å²) in [6, 6.07) is 10.8. The molecule has 2 aliphatic heterocycles. The van der Waals surface area contributed by atoms with E-state index in [1.54, 1.807) is 0 Å². The Hall–Kier alpha value is -1.14. The van der Waals surface area contributed by atoms with E-state index in [-0.39, 0.29) is 5.78 Å². The number of carbonyl (C=O) groups excluding carboxylic acids is 1. The molecule has 2 aromatic carbocycles. The molecule has 0 aromatic heterocycles. The molecule has 2 heterocycles. The van der Waals surface area contributed by atoms with Crippen LogP contribution in [0.2, 0.25) is 13.1 Å². The van der Waals surface area contributed by atoms with Crippen LogP contribution in [0.15, 0.2) is 30.3 Å². The van der Waals surface area contributed by atoms with Gasteiger partial charge in [-0.25, -0.2) is 0 Å². The van der Waals surface area contributed by atoms with Crippen molar-refractivity contribution in [3.63, 3.8) is 0 Å². The number of halogens is 1. The highest BCUT2D eigenvalue weighted by atomic mass is 127. The van der Waals surface area contributed by atoms with Gasteiger partial charge >= 0.3 is 0 Å². The van der Waals surface area contributed by atoms with Gasteiger partial charge in [0.1, 0.15) is 8.07 Å². The zero-order valence-electron chi connectivity index (χ0n) is 13.0. The number of likely N-dealkylation sites (N-methyl/N-ethyl adjacent to an activating group) is 1. The summed E-state index contributed by atoms with van der Waals surface area (Å²) in [7, 11) is 0.317. The van der Waals surface area contributed by atoms with Crippen molar-refractivity contribution in [3.05, 3.63) is 50.6 Å². The highest BCUT2D eigenvalue weighted by molar-refractivity contribution is 14.1. The highest BCUT2D eigenvalue weighted by Crippen LogP contribution is 2.31. The topological polar surface area (TPSA) is 20.3 Å². The molecule has 0 N–H and O–H groups in total. The summed E-state index contributed by atoms with van der Waals surface area (Å²) in [5, 5.41) is 2.59. The first-order chi connectivity index (χ1) is 10.4. The standard InChI is InChI=1S/C18H18INOSi/c1-20-7-6-11-8-14-17(10-15(11)20)22(2,3)16-9-12(19)4-5-13(16)18(14)21/h4-5,8-10H,6-7H2,1-3H3. The van der Waals surface area contributed by atoms with Crippen molar-refractivity contribution < 1.29 is 4.79 Å². The van der Waals surface area contributed by atoms with Gasteiger partial charge in [0.05, 0.1) is 0 Å². The van der Waals surface area contributed by atoms with E-state index < -0.39 is 8.07 Å². The molecule has 4 heteroatoms. The van der Waals surface area contributed by atoms with Crippen LogP contribution in [0.3, 0.4) is 0 Å². The van der Waals surface area contributed by atoms with Crippen LogP contribution in [-0.2, 0) is 6.42 Å². The number of carbonyl (C=O) groups is 1. The van der Waals surface area contributed by atoms with Crippen molar-refractivity contribution in [2.24, 2.45) is 0 Å². The minimum absolute atomic E-state index is 0.213. The Morgan fingerprint density at radius 2 is 1.82 bits per heavy atom. The van der Waals surface area contributed by atoms with Crippen LogP contribution in [0.25, 0.3) is 0 Å². The normalized spacial score (nSPS) is 18.0. The summed E-state index contributed by atoms with van der Waals surface area (Å²) in [6.07, 6.45) is 1.05. The van der Waals surface area contributed by atoms with Crippen molar-refractivity contribution in [1.29, 1.82) is 0 Å². The van der Waals surface area contributed by atoms with E-state index in [1.807, 2.05) is 12.1 Å². The second kappa shape index (κ2) is 4.68. The van der Waals surface area contributed by atoms with Crippen molar-refractivity contribution in [1.82, 2.24) is 0 Å². The summed E-state index contributed by atoms with van der Waals surface area (Å²) >= 11 is 2.34. The number of hydrogen-bond donors (Lipinski definition) is 0. The summed E-state index contributed by atoms with van der Waals surface area (Å²) < 4.78 is 1.21. The monoisotopic (exact) mass is 419 g/mol. The van der Waals surface area contributed by atoms with Gasteiger partial charge in [-0.3, -0.25) is 4.79 Å². The third-order valence-electron chi connectivity index (χ3n) is 5.16. The molecule has 0 aliphatic carbocycles. The van der Waals surface area contributed by atoms with Gasteiger partial charge in [-0.2, -0.15) is 0 Å². The quantitative estimate of drug-likeness (QED) is 0.484. The zero-order chi connectivity index (χ0) is 15.6. The van der Waals surface area contributed by atoms with Crippen molar-refractivity contribution in [3.8, 4) is 0 Å². The average molecular weight is 419 g/mol. The summed E-state index contributed by atoms with van der Waals surface area (Å²) in [4.78, 5) is 15.3. The van der Waals surface area contributed by atoms with Gasteiger partial charge < -0.3 is 4.90 Å². The molecule has 0 spiro atoms. The molecule has 22 heavy (non-hydrogen) atoms. The average Bonchev–Trinajstić information content (AvgIpc) is 2.85. The van der Waals surface area contributed by atoms with Crippen LogP contribution in [-0.4, -0.2) is 27.4 Å². The first-order valence-electron chi connectivity index (χ1n) is 7.63. The second-order valence-electron chi connectivity index (χ2n) is 6.84. The minimum atomic E-state index is -1.83. The van der Waals surface area contributed by atoms with Gasteiger partial charge in [-0.1, -0.05) is 19.2 Å². The van der Waals surface area contributed by atoms with Crippen LogP contribution >= 0.6 is 22.6 Å². The molecule has 2 nitrogen and oxygen atoms in total.